The SMILES string of the molecule is Cc1ccccc1C1CC(NC(C)c2ccccn2)C1. The molecule has 2 aromatic rings. The maximum absolute atomic E-state index is 4.42. The lowest BCUT2D eigenvalue weighted by molar-refractivity contribution is 0.269. The minimum atomic E-state index is 0.332. The minimum Gasteiger partial charge on any atom is -0.306 e. The first-order chi connectivity index (χ1) is 9.74. The summed E-state index contributed by atoms with van der Waals surface area (Å²) in [5, 5.41) is 3.69. The van der Waals surface area contributed by atoms with Crippen LogP contribution in [0.3, 0.4) is 0 Å². The van der Waals surface area contributed by atoms with Gasteiger partial charge in [0.05, 0.1) is 5.69 Å². The molecule has 1 aliphatic carbocycles. The van der Waals surface area contributed by atoms with Gasteiger partial charge in [-0.05, 0) is 55.9 Å². The Balaban J connectivity index is 1.55. The Bertz CT molecular complexity index is 559. The molecule has 20 heavy (non-hydrogen) atoms. The van der Waals surface area contributed by atoms with Gasteiger partial charge in [0, 0.05) is 18.3 Å². The quantitative estimate of drug-likeness (QED) is 0.905. The highest BCUT2D eigenvalue weighted by molar-refractivity contribution is 5.31. The zero-order chi connectivity index (χ0) is 13.9. The van der Waals surface area contributed by atoms with Gasteiger partial charge in [0.25, 0.3) is 0 Å². The first kappa shape index (κ1) is 13.3. The van der Waals surface area contributed by atoms with Crippen molar-refractivity contribution in [2.24, 2.45) is 0 Å². The molecule has 0 radical (unpaired) electrons. The number of rotatable bonds is 4. The molecule has 1 fully saturated rings. The third-order valence-electron chi connectivity index (χ3n) is 4.38. The summed E-state index contributed by atoms with van der Waals surface area (Å²) in [6.45, 7) is 4.41. The van der Waals surface area contributed by atoms with E-state index < -0.39 is 0 Å². The summed E-state index contributed by atoms with van der Waals surface area (Å²) in [6, 6.07) is 15.8. The molecule has 1 unspecified atom stereocenters. The summed E-state index contributed by atoms with van der Waals surface area (Å²) in [4.78, 5) is 4.42. The Labute approximate surface area is 121 Å². The zero-order valence-corrected chi connectivity index (χ0v) is 12.2. The third kappa shape index (κ3) is 2.75. The third-order valence-corrected chi connectivity index (χ3v) is 4.38. The second-order valence-corrected chi connectivity index (χ2v) is 5.86. The molecule has 0 bridgehead atoms. The van der Waals surface area contributed by atoms with E-state index in [0.29, 0.717) is 12.1 Å². The van der Waals surface area contributed by atoms with Gasteiger partial charge in [-0.3, -0.25) is 4.98 Å². The Morgan fingerprint density at radius 1 is 1.10 bits per heavy atom. The zero-order valence-electron chi connectivity index (χ0n) is 12.2. The van der Waals surface area contributed by atoms with Crippen LogP contribution >= 0.6 is 0 Å². The lowest BCUT2D eigenvalue weighted by Gasteiger charge is -2.38. The number of hydrogen-bond acceptors (Lipinski definition) is 2. The monoisotopic (exact) mass is 266 g/mol. The Kier molecular flexibility index (Phi) is 3.83. The van der Waals surface area contributed by atoms with E-state index in [2.05, 4.69) is 60.5 Å². The van der Waals surface area contributed by atoms with Crippen molar-refractivity contribution < 1.29 is 0 Å². The van der Waals surface area contributed by atoms with Crippen molar-refractivity contribution in [1.82, 2.24) is 10.3 Å². The van der Waals surface area contributed by atoms with Gasteiger partial charge in [0.1, 0.15) is 0 Å². The highest BCUT2D eigenvalue weighted by Crippen LogP contribution is 2.39. The summed E-state index contributed by atoms with van der Waals surface area (Å²) in [5.41, 5.74) is 4.08. The summed E-state index contributed by atoms with van der Waals surface area (Å²) < 4.78 is 0. The molecule has 3 rings (SSSR count). The van der Waals surface area contributed by atoms with Crippen LogP contribution in [0.4, 0.5) is 0 Å². The van der Waals surface area contributed by atoms with Crippen LogP contribution in [0.2, 0.25) is 0 Å². The fourth-order valence-corrected chi connectivity index (χ4v) is 3.12. The number of nitrogens with one attached hydrogen (secondary N) is 1. The molecular formula is C18H22N2. The molecule has 1 saturated carbocycles. The molecular weight excluding hydrogens is 244 g/mol. The fraction of sp³-hybridized carbons (Fsp3) is 0.389. The van der Waals surface area contributed by atoms with Crippen LogP contribution in [0, 0.1) is 6.92 Å². The Hall–Kier alpha value is -1.67. The van der Waals surface area contributed by atoms with Gasteiger partial charge < -0.3 is 5.32 Å². The van der Waals surface area contributed by atoms with Crippen molar-refractivity contribution in [3.05, 3.63) is 65.5 Å². The van der Waals surface area contributed by atoms with Gasteiger partial charge in [-0.25, -0.2) is 0 Å². The van der Waals surface area contributed by atoms with Crippen LogP contribution in [-0.2, 0) is 0 Å². The van der Waals surface area contributed by atoms with Gasteiger partial charge in [-0.1, -0.05) is 30.3 Å². The van der Waals surface area contributed by atoms with Crippen LogP contribution in [0.25, 0.3) is 0 Å². The van der Waals surface area contributed by atoms with Crippen LogP contribution in [0.1, 0.15) is 48.5 Å². The van der Waals surface area contributed by atoms with Gasteiger partial charge in [0.2, 0.25) is 0 Å². The average molecular weight is 266 g/mol. The number of aryl methyl sites for hydroxylation is 1. The van der Waals surface area contributed by atoms with E-state index in [-0.39, 0.29) is 0 Å². The number of nitrogens with zero attached hydrogens (tertiary/aromatic N) is 1. The van der Waals surface area contributed by atoms with E-state index >= 15 is 0 Å². The number of benzene rings is 1. The molecule has 2 nitrogen and oxygen atoms in total. The van der Waals surface area contributed by atoms with Crippen molar-refractivity contribution in [3.63, 3.8) is 0 Å². The highest BCUT2D eigenvalue weighted by Gasteiger charge is 2.31. The summed E-state index contributed by atoms with van der Waals surface area (Å²) in [7, 11) is 0. The molecule has 0 saturated heterocycles. The maximum atomic E-state index is 4.42. The highest BCUT2D eigenvalue weighted by atomic mass is 15.0. The van der Waals surface area contributed by atoms with E-state index in [0.717, 1.165) is 11.6 Å². The minimum absolute atomic E-state index is 0.332. The van der Waals surface area contributed by atoms with E-state index in [1.807, 2.05) is 12.3 Å². The lowest BCUT2D eigenvalue weighted by Crippen LogP contribution is -2.41. The van der Waals surface area contributed by atoms with Crippen LogP contribution < -0.4 is 5.32 Å². The average Bonchev–Trinajstić information content (AvgIpc) is 2.44. The molecule has 1 aromatic heterocycles. The molecule has 2 heteroatoms. The molecule has 1 aromatic carbocycles. The van der Waals surface area contributed by atoms with Crippen molar-refractivity contribution in [3.8, 4) is 0 Å². The van der Waals surface area contributed by atoms with Crippen molar-refractivity contribution in [1.29, 1.82) is 0 Å². The standard InChI is InChI=1S/C18H22N2/c1-13-7-3-4-8-17(13)15-11-16(12-15)20-14(2)18-9-5-6-10-19-18/h3-10,14-16,20H,11-12H2,1-2H3. The predicted molar refractivity (Wildman–Crippen MR) is 82.7 cm³/mol. The summed E-state index contributed by atoms with van der Waals surface area (Å²) in [5.74, 6) is 0.727. The van der Waals surface area contributed by atoms with Gasteiger partial charge in [-0.15, -0.1) is 0 Å². The van der Waals surface area contributed by atoms with Gasteiger partial charge >= 0.3 is 0 Å². The predicted octanol–water partition coefficient (Wildman–Crippen LogP) is 3.99. The number of hydrogen-bond donors (Lipinski definition) is 1. The van der Waals surface area contributed by atoms with Crippen LogP contribution in [0.15, 0.2) is 48.7 Å². The van der Waals surface area contributed by atoms with E-state index in [9.17, 15) is 0 Å². The smallest absolute Gasteiger partial charge is 0.0570 e. The van der Waals surface area contributed by atoms with E-state index in [4.69, 9.17) is 0 Å². The van der Waals surface area contributed by atoms with E-state index in [1.54, 1.807) is 0 Å². The molecule has 1 aliphatic rings. The maximum Gasteiger partial charge on any atom is 0.0570 e. The molecule has 0 spiro atoms. The van der Waals surface area contributed by atoms with Crippen molar-refractivity contribution in [2.75, 3.05) is 0 Å². The van der Waals surface area contributed by atoms with Gasteiger partial charge in [-0.2, -0.15) is 0 Å². The van der Waals surface area contributed by atoms with E-state index in [1.165, 1.54) is 24.0 Å². The summed E-state index contributed by atoms with van der Waals surface area (Å²) in [6.07, 6.45) is 4.34. The normalized spacial score (nSPS) is 23.1. The van der Waals surface area contributed by atoms with Crippen LogP contribution in [-0.4, -0.2) is 11.0 Å². The second kappa shape index (κ2) is 5.76. The number of aromatic nitrogens is 1. The van der Waals surface area contributed by atoms with Crippen LogP contribution in [0.5, 0.6) is 0 Å². The van der Waals surface area contributed by atoms with Crippen molar-refractivity contribution >= 4 is 0 Å². The van der Waals surface area contributed by atoms with Gasteiger partial charge in [0.15, 0.2) is 0 Å². The molecule has 1 N–H and O–H groups in total. The molecule has 104 valence electrons. The number of pyridine rings is 1. The molecule has 1 heterocycles. The lowest BCUT2D eigenvalue weighted by atomic mass is 9.74. The molecule has 1 atom stereocenters. The first-order valence-corrected chi connectivity index (χ1v) is 7.46. The Morgan fingerprint density at radius 2 is 1.85 bits per heavy atom. The first-order valence-electron chi connectivity index (χ1n) is 7.46. The topological polar surface area (TPSA) is 24.9 Å². The second-order valence-electron chi connectivity index (χ2n) is 5.86. The Morgan fingerprint density at radius 3 is 2.55 bits per heavy atom. The largest absolute Gasteiger partial charge is 0.306 e. The molecule has 0 amide bonds. The van der Waals surface area contributed by atoms with Crippen molar-refractivity contribution in [2.45, 2.75) is 44.7 Å². The fourth-order valence-electron chi connectivity index (χ4n) is 3.12. The molecule has 0 aliphatic heterocycles. The summed E-state index contributed by atoms with van der Waals surface area (Å²) >= 11 is 0.